The molecule has 3 heterocycles. The minimum absolute atomic E-state index is 0.0472. The molecule has 0 bridgehead atoms. The Bertz CT molecular complexity index is 1300. The number of aromatic nitrogens is 3. The van der Waals surface area contributed by atoms with Crippen LogP contribution in [0.5, 0.6) is 0 Å². The SMILES string of the molecule is O=C(Nc1ccc(-c2nnc3n2CCCCC3)cc1)c1cccc(S(=O)(=O)NC[C@H]2CCCO2)c1. The Hall–Kier alpha value is -3.08. The summed E-state index contributed by atoms with van der Waals surface area (Å²) in [5.41, 5.74) is 1.81. The summed E-state index contributed by atoms with van der Waals surface area (Å²) < 4.78 is 35.6. The van der Waals surface area contributed by atoms with Gasteiger partial charge in [-0.15, -0.1) is 10.2 Å². The topological polar surface area (TPSA) is 115 Å². The Morgan fingerprint density at radius 3 is 2.71 bits per heavy atom. The number of nitrogens with zero attached hydrogens (tertiary/aromatic N) is 3. The van der Waals surface area contributed by atoms with Gasteiger partial charge in [-0.25, -0.2) is 13.1 Å². The van der Waals surface area contributed by atoms with E-state index in [1.54, 1.807) is 12.1 Å². The van der Waals surface area contributed by atoms with Crippen LogP contribution in [0.4, 0.5) is 5.69 Å². The summed E-state index contributed by atoms with van der Waals surface area (Å²) >= 11 is 0. The molecule has 1 amide bonds. The van der Waals surface area contributed by atoms with E-state index in [1.165, 1.54) is 18.6 Å². The minimum Gasteiger partial charge on any atom is -0.377 e. The molecule has 0 spiro atoms. The van der Waals surface area contributed by atoms with E-state index in [0.717, 1.165) is 55.9 Å². The number of aryl methyl sites for hydroxylation is 1. The van der Waals surface area contributed by atoms with Crippen molar-refractivity contribution < 1.29 is 17.9 Å². The van der Waals surface area contributed by atoms with Gasteiger partial charge >= 0.3 is 0 Å². The molecule has 1 fully saturated rings. The average Bonchev–Trinajstić information content (AvgIpc) is 3.48. The van der Waals surface area contributed by atoms with Gasteiger partial charge in [-0.1, -0.05) is 12.5 Å². The van der Waals surface area contributed by atoms with Crippen molar-refractivity contribution in [2.24, 2.45) is 0 Å². The van der Waals surface area contributed by atoms with E-state index in [0.29, 0.717) is 12.3 Å². The lowest BCUT2D eigenvalue weighted by atomic mass is 10.1. The van der Waals surface area contributed by atoms with Crippen molar-refractivity contribution in [1.82, 2.24) is 19.5 Å². The molecule has 1 atom stereocenters. The van der Waals surface area contributed by atoms with Crippen molar-refractivity contribution >= 4 is 21.6 Å². The minimum atomic E-state index is -3.74. The average molecular weight is 496 g/mol. The third-order valence-corrected chi connectivity index (χ3v) is 7.86. The fourth-order valence-electron chi connectivity index (χ4n) is 4.50. The fraction of sp³-hybridized carbons (Fsp3) is 0.400. The largest absolute Gasteiger partial charge is 0.377 e. The number of ether oxygens (including phenoxy) is 1. The molecule has 2 aliphatic heterocycles. The first-order valence-corrected chi connectivity index (χ1v) is 13.5. The van der Waals surface area contributed by atoms with Crippen LogP contribution in [-0.2, 0) is 27.7 Å². The van der Waals surface area contributed by atoms with Gasteiger partial charge in [0.15, 0.2) is 5.82 Å². The van der Waals surface area contributed by atoms with E-state index in [2.05, 4.69) is 24.8 Å². The van der Waals surface area contributed by atoms with Gasteiger partial charge in [-0.05, 0) is 68.1 Å². The summed E-state index contributed by atoms with van der Waals surface area (Å²) in [5, 5.41) is 11.6. The monoisotopic (exact) mass is 495 g/mol. The molecule has 0 aliphatic carbocycles. The van der Waals surface area contributed by atoms with Crippen LogP contribution in [0.2, 0.25) is 0 Å². The van der Waals surface area contributed by atoms with Gasteiger partial charge in [-0.3, -0.25) is 4.79 Å². The Morgan fingerprint density at radius 2 is 1.91 bits per heavy atom. The lowest BCUT2D eigenvalue weighted by Crippen LogP contribution is -2.32. The molecule has 184 valence electrons. The molecular formula is C25H29N5O4S. The first kappa shape index (κ1) is 23.7. The standard InChI is InChI=1S/C25H29N5O4S/c31-25(19-6-4-8-22(16-19)35(32,33)26-17-21-7-5-15-34-21)27-20-12-10-18(11-13-20)24-29-28-23-9-2-1-3-14-30(23)24/h4,6,8,10-13,16,21,26H,1-3,5,7,9,14-15,17H2,(H,27,31)/t21-/m1/s1. The quantitative estimate of drug-likeness (QED) is 0.519. The van der Waals surface area contributed by atoms with Gasteiger partial charge in [-0.2, -0.15) is 0 Å². The van der Waals surface area contributed by atoms with Crippen molar-refractivity contribution in [2.45, 2.75) is 56.1 Å². The summed E-state index contributed by atoms with van der Waals surface area (Å²) in [4.78, 5) is 12.9. The Balaban J connectivity index is 1.26. The molecule has 10 heteroatoms. The van der Waals surface area contributed by atoms with Gasteiger partial charge in [0.25, 0.3) is 5.91 Å². The third kappa shape index (κ3) is 5.44. The van der Waals surface area contributed by atoms with Crippen LogP contribution in [0.1, 0.15) is 48.3 Å². The smallest absolute Gasteiger partial charge is 0.255 e. The molecule has 35 heavy (non-hydrogen) atoms. The summed E-state index contributed by atoms with van der Waals surface area (Å²) in [6.45, 7) is 1.79. The van der Waals surface area contributed by atoms with Gasteiger partial charge in [0.05, 0.1) is 11.0 Å². The lowest BCUT2D eigenvalue weighted by Gasteiger charge is -2.12. The predicted molar refractivity (Wildman–Crippen MR) is 132 cm³/mol. The predicted octanol–water partition coefficient (Wildman–Crippen LogP) is 3.38. The second kappa shape index (κ2) is 10.3. The van der Waals surface area contributed by atoms with Crippen LogP contribution in [0, 0.1) is 0 Å². The highest BCUT2D eigenvalue weighted by atomic mass is 32.2. The molecule has 3 aromatic rings. The summed E-state index contributed by atoms with van der Waals surface area (Å²) in [5.74, 6) is 1.48. The number of carbonyl (C=O) groups excluding carboxylic acids is 1. The van der Waals surface area contributed by atoms with Crippen molar-refractivity contribution in [3.63, 3.8) is 0 Å². The molecule has 1 saturated heterocycles. The van der Waals surface area contributed by atoms with E-state index in [-0.39, 0.29) is 29.0 Å². The zero-order valence-electron chi connectivity index (χ0n) is 19.4. The summed E-state index contributed by atoms with van der Waals surface area (Å²) in [6, 6.07) is 13.5. The number of benzene rings is 2. The molecule has 2 aliphatic rings. The van der Waals surface area contributed by atoms with E-state index in [4.69, 9.17) is 4.74 Å². The van der Waals surface area contributed by atoms with Crippen molar-refractivity contribution in [3.8, 4) is 11.4 Å². The van der Waals surface area contributed by atoms with Gasteiger partial charge in [0.1, 0.15) is 5.82 Å². The maximum absolute atomic E-state index is 12.8. The number of hydrogen-bond donors (Lipinski definition) is 2. The fourth-order valence-corrected chi connectivity index (χ4v) is 5.61. The normalized spacial score (nSPS) is 18.1. The number of hydrogen-bond acceptors (Lipinski definition) is 6. The first-order chi connectivity index (χ1) is 17.0. The van der Waals surface area contributed by atoms with E-state index in [1.807, 2.05) is 24.3 Å². The molecule has 9 nitrogen and oxygen atoms in total. The molecule has 2 aromatic carbocycles. The number of nitrogens with one attached hydrogen (secondary N) is 2. The maximum atomic E-state index is 12.8. The van der Waals surface area contributed by atoms with Gasteiger partial charge < -0.3 is 14.6 Å². The van der Waals surface area contributed by atoms with Crippen molar-refractivity contribution in [2.75, 3.05) is 18.5 Å². The molecule has 0 unspecified atom stereocenters. The third-order valence-electron chi connectivity index (χ3n) is 6.44. The molecule has 0 saturated carbocycles. The van der Waals surface area contributed by atoms with Crippen LogP contribution < -0.4 is 10.0 Å². The highest BCUT2D eigenvalue weighted by molar-refractivity contribution is 7.89. The number of anilines is 1. The number of amides is 1. The molecule has 0 radical (unpaired) electrons. The Kier molecular flexibility index (Phi) is 6.94. The maximum Gasteiger partial charge on any atom is 0.255 e. The number of fused-ring (bicyclic) bond motifs is 1. The highest BCUT2D eigenvalue weighted by Gasteiger charge is 2.21. The molecule has 5 rings (SSSR count). The second-order valence-electron chi connectivity index (χ2n) is 8.95. The molecule has 2 N–H and O–H groups in total. The van der Waals surface area contributed by atoms with Crippen molar-refractivity contribution in [1.29, 1.82) is 0 Å². The van der Waals surface area contributed by atoms with E-state index >= 15 is 0 Å². The number of rotatable bonds is 7. The highest BCUT2D eigenvalue weighted by Crippen LogP contribution is 2.24. The molecule has 1 aromatic heterocycles. The lowest BCUT2D eigenvalue weighted by molar-refractivity contribution is 0.102. The number of carbonyl (C=O) groups is 1. The van der Waals surface area contributed by atoms with E-state index < -0.39 is 10.0 Å². The van der Waals surface area contributed by atoms with Crippen LogP contribution in [0.15, 0.2) is 53.4 Å². The van der Waals surface area contributed by atoms with Crippen LogP contribution in [-0.4, -0.2) is 48.3 Å². The van der Waals surface area contributed by atoms with Gasteiger partial charge in [0.2, 0.25) is 10.0 Å². The van der Waals surface area contributed by atoms with Crippen molar-refractivity contribution in [3.05, 3.63) is 59.9 Å². The second-order valence-corrected chi connectivity index (χ2v) is 10.7. The Labute approximate surface area is 205 Å². The van der Waals surface area contributed by atoms with Crippen LogP contribution in [0.3, 0.4) is 0 Å². The summed E-state index contributed by atoms with van der Waals surface area (Å²) in [6.07, 6.45) is 6.06. The summed E-state index contributed by atoms with van der Waals surface area (Å²) in [7, 11) is -3.74. The Morgan fingerprint density at radius 1 is 1.06 bits per heavy atom. The zero-order valence-corrected chi connectivity index (χ0v) is 20.3. The van der Waals surface area contributed by atoms with E-state index in [9.17, 15) is 13.2 Å². The van der Waals surface area contributed by atoms with Crippen LogP contribution in [0.25, 0.3) is 11.4 Å². The zero-order chi connectivity index (χ0) is 24.3. The first-order valence-electron chi connectivity index (χ1n) is 12.0. The molecular weight excluding hydrogens is 466 g/mol. The van der Waals surface area contributed by atoms with Crippen LogP contribution >= 0.6 is 0 Å². The number of sulfonamides is 1. The van der Waals surface area contributed by atoms with Gasteiger partial charge in [0, 0.05) is 42.9 Å².